The number of aromatic nitrogens is 2. The average molecular weight is 464 g/mol. The third kappa shape index (κ3) is 6.35. The summed E-state index contributed by atoms with van der Waals surface area (Å²) in [5.41, 5.74) is 1.96. The summed E-state index contributed by atoms with van der Waals surface area (Å²) in [6.45, 7) is 8.69. The fraction of sp³-hybridized carbons (Fsp3) is 0.308. The first-order chi connectivity index (χ1) is 15.7. The highest BCUT2D eigenvalue weighted by Crippen LogP contribution is 2.22. The van der Waals surface area contributed by atoms with Crippen molar-refractivity contribution in [1.82, 2.24) is 14.9 Å². The summed E-state index contributed by atoms with van der Waals surface area (Å²) in [6, 6.07) is 12.9. The van der Waals surface area contributed by atoms with Crippen molar-refractivity contribution in [2.24, 2.45) is 0 Å². The smallest absolute Gasteiger partial charge is 0.269 e. The minimum absolute atomic E-state index is 0.0123. The Hall–Kier alpha value is -3.32. The average Bonchev–Trinajstić information content (AvgIpc) is 3.06. The van der Waals surface area contributed by atoms with Gasteiger partial charge in [-0.3, -0.25) is 23.9 Å². The molecule has 0 aliphatic heterocycles. The number of benzene rings is 1. The lowest BCUT2D eigenvalue weighted by Crippen LogP contribution is -2.38. The lowest BCUT2D eigenvalue weighted by molar-refractivity contribution is -0.121. The summed E-state index contributed by atoms with van der Waals surface area (Å²) in [5.74, 6) is -0.485. The van der Waals surface area contributed by atoms with Gasteiger partial charge in [-0.1, -0.05) is 58.0 Å². The van der Waals surface area contributed by atoms with Crippen molar-refractivity contribution in [3.8, 4) is 0 Å². The first-order valence-electron chi connectivity index (χ1n) is 10.9. The van der Waals surface area contributed by atoms with E-state index in [-0.39, 0.29) is 29.2 Å². The van der Waals surface area contributed by atoms with E-state index in [0.29, 0.717) is 27.0 Å². The Morgan fingerprint density at radius 1 is 1.12 bits per heavy atom. The van der Waals surface area contributed by atoms with Crippen LogP contribution in [0.2, 0.25) is 0 Å². The lowest BCUT2D eigenvalue weighted by Gasteiger charge is -2.18. The van der Waals surface area contributed by atoms with Crippen LogP contribution in [0.15, 0.2) is 53.5 Å². The Morgan fingerprint density at radius 3 is 2.45 bits per heavy atom. The Bertz CT molecular complexity index is 1300. The number of hydrogen-bond donors (Lipinski definition) is 1. The molecular formula is C26H29N3O3S. The second-order valence-electron chi connectivity index (χ2n) is 8.78. The van der Waals surface area contributed by atoms with E-state index in [2.05, 4.69) is 31.1 Å². The highest BCUT2D eigenvalue weighted by Gasteiger charge is 2.15. The van der Waals surface area contributed by atoms with Gasteiger partial charge in [0.2, 0.25) is 5.91 Å². The number of amides is 1. The van der Waals surface area contributed by atoms with Crippen LogP contribution in [0.5, 0.6) is 0 Å². The number of hydrogen-bond acceptors (Lipinski definition) is 5. The summed E-state index contributed by atoms with van der Waals surface area (Å²) in [7, 11) is 0. The topological polar surface area (TPSA) is 81.1 Å². The highest BCUT2D eigenvalue weighted by molar-refractivity contribution is 7.07. The molecule has 0 aliphatic carbocycles. The van der Waals surface area contributed by atoms with E-state index in [1.165, 1.54) is 22.0 Å². The van der Waals surface area contributed by atoms with Crippen LogP contribution < -0.4 is 20.1 Å². The number of nitrogens with one attached hydrogen (secondary N) is 1. The second kappa shape index (κ2) is 10.5. The monoisotopic (exact) mass is 463 g/mol. The summed E-state index contributed by atoms with van der Waals surface area (Å²) >= 11 is 1.18. The molecule has 1 amide bonds. The van der Waals surface area contributed by atoms with Crippen LogP contribution >= 0.6 is 11.3 Å². The first kappa shape index (κ1) is 24.3. The van der Waals surface area contributed by atoms with Crippen molar-refractivity contribution in [1.29, 1.82) is 0 Å². The van der Waals surface area contributed by atoms with Gasteiger partial charge in [-0.2, -0.15) is 0 Å². The minimum Gasteiger partial charge on any atom is -0.355 e. The Balaban J connectivity index is 2.04. The zero-order valence-corrected chi connectivity index (χ0v) is 20.2. The number of nitrogens with zero attached hydrogens (tertiary/aromatic N) is 2. The molecule has 2 aromatic heterocycles. The van der Waals surface area contributed by atoms with E-state index >= 15 is 0 Å². The van der Waals surface area contributed by atoms with Gasteiger partial charge >= 0.3 is 0 Å². The number of pyridine rings is 1. The van der Waals surface area contributed by atoms with Gasteiger partial charge in [0.05, 0.1) is 10.2 Å². The van der Waals surface area contributed by atoms with Crippen LogP contribution in [-0.4, -0.2) is 27.8 Å². The predicted molar refractivity (Wildman–Crippen MR) is 133 cm³/mol. The lowest BCUT2D eigenvalue weighted by atomic mass is 9.86. The van der Waals surface area contributed by atoms with Crippen molar-refractivity contribution in [2.45, 2.75) is 46.1 Å². The van der Waals surface area contributed by atoms with Crippen molar-refractivity contribution < 1.29 is 9.59 Å². The van der Waals surface area contributed by atoms with Gasteiger partial charge < -0.3 is 5.32 Å². The number of rotatable bonds is 7. The molecule has 3 rings (SSSR count). The Labute approximate surface area is 197 Å². The summed E-state index contributed by atoms with van der Waals surface area (Å²) in [4.78, 5) is 42.6. The molecule has 0 spiro atoms. The van der Waals surface area contributed by atoms with Crippen LogP contribution in [-0.2, 0) is 16.8 Å². The molecule has 0 bridgehead atoms. The number of carbonyl (C=O) groups excluding carboxylic acids is 2. The molecule has 1 N–H and O–H groups in total. The second-order valence-corrected chi connectivity index (χ2v) is 9.84. The van der Waals surface area contributed by atoms with Crippen LogP contribution in [0.1, 0.15) is 55.7 Å². The van der Waals surface area contributed by atoms with Crippen molar-refractivity contribution in [3.05, 3.63) is 85.0 Å². The molecule has 0 unspecified atom stereocenters. The van der Waals surface area contributed by atoms with Crippen molar-refractivity contribution >= 4 is 35.2 Å². The summed E-state index contributed by atoms with van der Waals surface area (Å²) in [5, 5.41) is 2.78. The van der Waals surface area contributed by atoms with Gasteiger partial charge in [0.15, 0.2) is 5.78 Å². The van der Waals surface area contributed by atoms with E-state index < -0.39 is 0 Å². The maximum Gasteiger partial charge on any atom is 0.269 e. The first-order valence-corrected chi connectivity index (χ1v) is 11.8. The van der Waals surface area contributed by atoms with Gasteiger partial charge in [0, 0.05) is 24.4 Å². The van der Waals surface area contributed by atoms with Gasteiger partial charge in [-0.15, -0.1) is 11.3 Å². The molecule has 2 heterocycles. The van der Waals surface area contributed by atoms with Gasteiger partial charge in [0.25, 0.3) is 5.56 Å². The third-order valence-electron chi connectivity index (χ3n) is 5.07. The fourth-order valence-corrected chi connectivity index (χ4v) is 4.21. The molecule has 6 nitrogen and oxygen atoms in total. The highest BCUT2D eigenvalue weighted by atomic mass is 32.1. The van der Waals surface area contributed by atoms with Crippen LogP contribution in [0.3, 0.4) is 0 Å². The summed E-state index contributed by atoms with van der Waals surface area (Å²) < 4.78 is 2.20. The molecule has 0 aliphatic rings. The largest absolute Gasteiger partial charge is 0.355 e. The Morgan fingerprint density at radius 2 is 1.85 bits per heavy atom. The maximum atomic E-state index is 13.1. The van der Waals surface area contributed by atoms with Crippen LogP contribution in [0.25, 0.3) is 12.2 Å². The van der Waals surface area contributed by atoms with E-state index in [0.717, 1.165) is 12.0 Å². The molecule has 0 saturated heterocycles. The number of Topliss-reactive ketones (excluding diaryl/α,β-unsaturated/α-hetero) is 1. The van der Waals surface area contributed by atoms with Gasteiger partial charge in [0.1, 0.15) is 11.2 Å². The quantitative estimate of drug-likeness (QED) is 0.546. The normalized spacial score (nSPS) is 12.7. The van der Waals surface area contributed by atoms with Crippen molar-refractivity contribution in [2.75, 3.05) is 6.54 Å². The fourth-order valence-electron chi connectivity index (χ4n) is 3.18. The van der Waals surface area contributed by atoms with Gasteiger partial charge in [-0.25, -0.2) is 0 Å². The van der Waals surface area contributed by atoms with Crippen LogP contribution in [0, 0.1) is 0 Å². The number of ketones is 1. The standard InChI is InChI=1S/C26H29N3O3S/c1-5-13-28-23(31)17-29-24(33-22(25(29)32)15-20-8-6-7-14-27-20)16-21(30)18-9-11-19(12-10-18)26(2,3)4/h6-12,14-16H,5,13,17H2,1-4H3,(H,28,31). The van der Waals surface area contributed by atoms with E-state index in [9.17, 15) is 14.4 Å². The Kier molecular flexibility index (Phi) is 7.76. The molecule has 7 heteroatoms. The molecule has 33 heavy (non-hydrogen) atoms. The molecular weight excluding hydrogens is 434 g/mol. The molecule has 0 fully saturated rings. The number of carbonyl (C=O) groups is 2. The van der Waals surface area contributed by atoms with Crippen molar-refractivity contribution in [3.63, 3.8) is 0 Å². The van der Waals surface area contributed by atoms with E-state index in [4.69, 9.17) is 0 Å². The zero-order valence-electron chi connectivity index (χ0n) is 19.4. The molecule has 1 aromatic carbocycles. The zero-order chi connectivity index (χ0) is 24.0. The third-order valence-corrected chi connectivity index (χ3v) is 6.13. The van der Waals surface area contributed by atoms with Crippen LogP contribution in [0.4, 0.5) is 0 Å². The minimum atomic E-state index is -0.320. The summed E-state index contributed by atoms with van der Waals surface area (Å²) in [6.07, 6.45) is 5.55. The molecule has 172 valence electrons. The van der Waals surface area contributed by atoms with E-state index in [1.807, 2.05) is 25.1 Å². The predicted octanol–water partition coefficient (Wildman–Crippen LogP) is 2.62. The molecule has 0 saturated carbocycles. The molecule has 0 atom stereocenters. The van der Waals surface area contributed by atoms with E-state index in [1.54, 1.807) is 36.5 Å². The molecule has 3 aromatic rings. The van der Waals surface area contributed by atoms with Gasteiger partial charge in [-0.05, 0) is 35.6 Å². The number of thiazole rings is 1. The molecule has 0 radical (unpaired) electrons. The SMILES string of the molecule is CCCNC(=O)Cn1c(=CC(=O)c2ccc(C(C)(C)C)cc2)sc(=Cc2ccccn2)c1=O. The maximum absolute atomic E-state index is 13.1.